The van der Waals surface area contributed by atoms with E-state index < -0.39 is 0 Å². The van der Waals surface area contributed by atoms with Crippen LogP contribution in [0.3, 0.4) is 0 Å². The molecule has 1 saturated heterocycles. The van der Waals surface area contributed by atoms with Crippen molar-refractivity contribution in [1.82, 2.24) is 4.90 Å². The summed E-state index contributed by atoms with van der Waals surface area (Å²) in [7, 11) is 1.48. The molecule has 1 unspecified atom stereocenters. The topological polar surface area (TPSA) is 21.7 Å². The quantitative estimate of drug-likeness (QED) is 0.864. The number of halogens is 1. The van der Waals surface area contributed by atoms with Crippen molar-refractivity contribution < 1.29 is 13.9 Å². The van der Waals surface area contributed by atoms with Crippen LogP contribution < -0.4 is 4.74 Å². The molecular weight excluding hydrogens is 281 g/mol. The summed E-state index contributed by atoms with van der Waals surface area (Å²) in [5, 5.41) is 0. The van der Waals surface area contributed by atoms with Crippen molar-refractivity contribution in [2.75, 3.05) is 26.8 Å². The van der Waals surface area contributed by atoms with Crippen molar-refractivity contribution in [3.8, 4) is 5.75 Å². The molecule has 0 radical (unpaired) electrons. The predicted octanol–water partition coefficient (Wildman–Crippen LogP) is 3.41. The lowest BCUT2D eigenvalue weighted by Gasteiger charge is -2.33. The van der Waals surface area contributed by atoms with Crippen molar-refractivity contribution in [3.05, 3.63) is 65.5 Å². The summed E-state index contributed by atoms with van der Waals surface area (Å²) in [6, 6.07) is 15.4. The molecule has 0 bridgehead atoms. The van der Waals surface area contributed by atoms with Crippen LogP contribution in [0, 0.1) is 5.82 Å². The SMILES string of the molecule is COc1ccc(CN2CCOC(c3ccccc3)C2)cc1F. The first-order valence-electron chi connectivity index (χ1n) is 7.47. The number of hydrogen-bond donors (Lipinski definition) is 0. The van der Waals surface area contributed by atoms with Gasteiger partial charge in [-0.15, -0.1) is 0 Å². The Bertz CT molecular complexity index is 618. The van der Waals surface area contributed by atoms with Gasteiger partial charge in [-0.25, -0.2) is 4.39 Å². The summed E-state index contributed by atoms with van der Waals surface area (Å²) < 4.78 is 24.6. The van der Waals surface area contributed by atoms with Crippen LogP contribution in [0.15, 0.2) is 48.5 Å². The summed E-state index contributed by atoms with van der Waals surface area (Å²) in [4.78, 5) is 2.29. The van der Waals surface area contributed by atoms with Crippen molar-refractivity contribution in [1.29, 1.82) is 0 Å². The molecule has 1 aliphatic heterocycles. The highest BCUT2D eigenvalue weighted by molar-refractivity contribution is 5.29. The summed E-state index contributed by atoms with van der Waals surface area (Å²) in [6.45, 7) is 3.08. The molecule has 0 spiro atoms. The van der Waals surface area contributed by atoms with E-state index in [2.05, 4.69) is 17.0 Å². The van der Waals surface area contributed by atoms with Crippen molar-refractivity contribution in [2.24, 2.45) is 0 Å². The Kier molecular flexibility index (Phi) is 4.71. The molecule has 3 rings (SSSR count). The van der Waals surface area contributed by atoms with E-state index in [9.17, 15) is 4.39 Å². The van der Waals surface area contributed by atoms with Gasteiger partial charge in [-0.2, -0.15) is 0 Å². The zero-order valence-electron chi connectivity index (χ0n) is 12.7. The third-order valence-electron chi connectivity index (χ3n) is 3.94. The molecule has 1 atom stereocenters. The van der Waals surface area contributed by atoms with Gasteiger partial charge in [0.05, 0.1) is 19.8 Å². The van der Waals surface area contributed by atoms with Gasteiger partial charge in [-0.05, 0) is 23.3 Å². The second-order valence-electron chi connectivity index (χ2n) is 5.47. The standard InChI is InChI=1S/C18H20FNO2/c1-21-17-8-7-14(11-16(17)19)12-20-9-10-22-18(13-20)15-5-3-2-4-6-15/h2-8,11,18H,9-10,12-13H2,1H3. The van der Waals surface area contributed by atoms with Gasteiger partial charge in [0.25, 0.3) is 0 Å². The average molecular weight is 301 g/mol. The van der Waals surface area contributed by atoms with Crippen LogP contribution in [0.4, 0.5) is 4.39 Å². The van der Waals surface area contributed by atoms with Crippen molar-refractivity contribution >= 4 is 0 Å². The lowest BCUT2D eigenvalue weighted by molar-refractivity contribution is -0.0329. The minimum absolute atomic E-state index is 0.0815. The van der Waals surface area contributed by atoms with E-state index in [0.717, 1.165) is 18.7 Å². The second kappa shape index (κ2) is 6.90. The fourth-order valence-corrected chi connectivity index (χ4v) is 2.78. The maximum Gasteiger partial charge on any atom is 0.165 e. The van der Waals surface area contributed by atoms with Crippen LogP contribution in [-0.4, -0.2) is 31.7 Å². The number of nitrogens with zero attached hydrogens (tertiary/aromatic N) is 1. The first-order valence-corrected chi connectivity index (χ1v) is 7.47. The van der Waals surface area contributed by atoms with Gasteiger partial charge in [0.1, 0.15) is 0 Å². The molecule has 116 valence electrons. The predicted molar refractivity (Wildman–Crippen MR) is 83.4 cm³/mol. The Balaban J connectivity index is 1.66. The van der Waals surface area contributed by atoms with Gasteiger partial charge in [0, 0.05) is 19.6 Å². The third kappa shape index (κ3) is 3.46. The summed E-state index contributed by atoms with van der Waals surface area (Å²) >= 11 is 0. The van der Waals surface area contributed by atoms with Gasteiger partial charge in [-0.1, -0.05) is 36.4 Å². The van der Waals surface area contributed by atoms with E-state index in [1.807, 2.05) is 24.3 Å². The Morgan fingerprint density at radius 3 is 2.77 bits per heavy atom. The molecule has 1 fully saturated rings. The van der Waals surface area contributed by atoms with Gasteiger partial charge < -0.3 is 9.47 Å². The van der Waals surface area contributed by atoms with Gasteiger partial charge in [0.2, 0.25) is 0 Å². The lowest BCUT2D eigenvalue weighted by atomic mass is 10.1. The van der Waals surface area contributed by atoms with E-state index in [0.29, 0.717) is 13.2 Å². The number of rotatable bonds is 4. The molecule has 2 aromatic carbocycles. The first-order chi connectivity index (χ1) is 10.8. The highest BCUT2D eigenvalue weighted by Crippen LogP contribution is 2.24. The van der Waals surface area contributed by atoms with Gasteiger partial charge in [-0.3, -0.25) is 4.90 Å². The molecule has 2 aromatic rings. The molecule has 0 saturated carbocycles. The summed E-state index contributed by atoms with van der Waals surface area (Å²) in [5.41, 5.74) is 2.14. The third-order valence-corrected chi connectivity index (χ3v) is 3.94. The summed E-state index contributed by atoms with van der Waals surface area (Å²) in [6.07, 6.45) is 0.0815. The van der Waals surface area contributed by atoms with Crippen LogP contribution in [0.2, 0.25) is 0 Å². The Morgan fingerprint density at radius 2 is 2.05 bits per heavy atom. The van der Waals surface area contributed by atoms with Crippen molar-refractivity contribution in [3.63, 3.8) is 0 Å². The molecule has 4 heteroatoms. The molecule has 0 amide bonds. The Hall–Kier alpha value is -1.91. The normalized spacial score (nSPS) is 19.1. The number of ether oxygens (including phenoxy) is 2. The van der Waals surface area contributed by atoms with Gasteiger partial charge in [0.15, 0.2) is 11.6 Å². The van der Waals surface area contributed by atoms with E-state index in [-0.39, 0.29) is 17.7 Å². The number of morpholine rings is 1. The molecule has 0 N–H and O–H groups in total. The second-order valence-corrected chi connectivity index (χ2v) is 5.47. The Morgan fingerprint density at radius 1 is 1.23 bits per heavy atom. The highest BCUT2D eigenvalue weighted by Gasteiger charge is 2.22. The molecule has 0 aliphatic carbocycles. The van der Waals surface area contributed by atoms with E-state index >= 15 is 0 Å². The summed E-state index contributed by atoms with van der Waals surface area (Å²) in [5.74, 6) is -0.0271. The van der Waals surface area contributed by atoms with E-state index in [4.69, 9.17) is 9.47 Å². The van der Waals surface area contributed by atoms with Crippen LogP contribution >= 0.6 is 0 Å². The zero-order chi connectivity index (χ0) is 15.4. The minimum atomic E-state index is -0.312. The fourth-order valence-electron chi connectivity index (χ4n) is 2.78. The van der Waals surface area contributed by atoms with Crippen LogP contribution in [0.25, 0.3) is 0 Å². The lowest BCUT2D eigenvalue weighted by Crippen LogP contribution is -2.37. The Labute approximate surface area is 130 Å². The molecule has 22 heavy (non-hydrogen) atoms. The van der Waals surface area contributed by atoms with Crippen LogP contribution in [-0.2, 0) is 11.3 Å². The van der Waals surface area contributed by atoms with E-state index in [1.54, 1.807) is 12.1 Å². The fraction of sp³-hybridized carbons (Fsp3) is 0.333. The molecule has 1 heterocycles. The maximum atomic E-state index is 13.8. The minimum Gasteiger partial charge on any atom is -0.494 e. The van der Waals surface area contributed by atoms with Gasteiger partial charge >= 0.3 is 0 Å². The largest absolute Gasteiger partial charge is 0.494 e. The van der Waals surface area contributed by atoms with Crippen LogP contribution in [0.5, 0.6) is 5.75 Å². The zero-order valence-corrected chi connectivity index (χ0v) is 12.7. The average Bonchev–Trinajstić information content (AvgIpc) is 2.56. The number of benzene rings is 2. The van der Waals surface area contributed by atoms with Crippen LogP contribution in [0.1, 0.15) is 17.2 Å². The maximum absolute atomic E-state index is 13.8. The monoisotopic (exact) mass is 301 g/mol. The number of hydrogen-bond acceptors (Lipinski definition) is 3. The smallest absolute Gasteiger partial charge is 0.165 e. The molecular formula is C18H20FNO2. The van der Waals surface area contributed by atoms with Crippen molar-refractivity contribution in [2.45, 2.75) is 12.6 Å². The molecule has 0 aromatic heterocycles. The number of methoxy groups -OCH3 is 1. The first kappa shape index (κ1) is 15.0. The van der Waals surface area contributed by atoms with E-state index in [1.165, 1.54) is 12.7 Å². The highest BCUT2D eigenvalue weighted by atomic mass is 19.1. The molecule has 1 aliphatic rings. The molecule has 3 nitrogen and oxygen atoms in total.